The normalized spacial score (nSPS) is 10.9. The van der Waals surface area contributed by atoms with E-state index in [1.807, 2.05) is 6.07 Å². The van der Waals surface area contributed by atoms with Gasteiger partial charge in [-0.3, -0.25) is 0 Å². The van der Waals surface area contributed by atoms with Crippen molar-refractivity contribution in [2.24, 2.45) is 0 Å². The molecule has 3 heteroatoms. The first-order chi connectivity index (χ1) is 7.18. The average Bonchev–Trinajstić information content (AvgIpc) is 2.71. The molecule has 15 heavy (non-hydrogen) atoms. The van der Waals surface area contributed by atoms with Crippen molar-refractivity contribution in [2.45, 2.75) is 19.8 Å². The number of hydrogen-bond acceptors (Lipinski definition) is 2. The summed E-state index contributed by atoms with van der Waals surface area (Å²) >= 11 is 3.52. The van der Waals surface area contributed by atoms with E-state index in [0.29, 0.717) is 5.92 Å². The Kier molecular flexibility index (Phi) is 2.91. The maximum atomic E-state index is 4.85. The summed E-state index contributed by atoms with van der Waals surface area (Å²) in [5.41, 5.74) is 3.25. The van der Waals surface area contributed by atoms with Crippen LogP contribution < -0.4 is 0 Å². The van der Waals surface area contributed by atoms with Crippen LogP contribution in [0.25, 0.3) is 11.3 Å². The van der Waals surface area contributed by atoms with Crippen molar-refractivity contribution < 1.29 is 4.52 Å². The quantitative estimate of drug-likeness (QED) is 0.813. The van der Waals surface area contributed by atoms with E-state index in [0.717, 1.165) is 15.7 Å². The zero-order valence-electron chi connectivity index (χ0n) is 8.70. The molecule has 0 N–H and O–H groups in total. The van der Waals surface area contributed by atoms with Crippen molar-refractivity contribution in [3.63, 3.8) is 0 Å². The molecule has 0 aliphatic carbocycles. The molecular formula is C12H12BrNO. The van der Waals surface area contributed by atoms with Crippen LogP contribution in [0.1, 0.15) is 25.3 Å². The summed E-state index contributed by atoms with van der Waals surface area (Å²) in [4.78, 5) is 0. The topological polar surface area (TPSA) is 26.0 Å². The summed E-state index contributed by atoms with van der Waals surface area (Å²) in [7, 11) is 0. The third-order valence-corrected chi connectivity index (χ3v) is 3.06. The standard InChI is InChI=1S/C12H12BrNO/c1-8(2)9-3-4-11(13)10(7-9)12-5-6-15-14-12/h3-8H,1-2H3. The van der Waals surface area contributed by atoms with Crippen LogP contribution in [0.3, 0.4) is 0 Å². The summed E-state index contributed by atoms with van der Waals surface area (Å²) in [6, 6.07) is 8.19. The van der Waals surface area contributed by atoms with Gasteiger partial charge in [-0.15, -0.1) is 0 Å². The second-order valence-corrected chi connectivity index (χ2v) is 4.63. The monoisotopic (exact) mass is 265 g/mol. The molecule has 0 spiro atoms. The van der Waals surface area contributed by atoms with E-state index < -0.39 is 0 Å². The molecule has 0 atom stereocenters. The lowest BCUT2D eigenvalue weighted by Gasteiger charge is -2.08. The summed E-state index contributed by atoms with van der Waals surface area (Å²) < 4.78 is 5.90. The van der Waals surface area contributed by atoms with Crippen molar-refractivity contribution in [1.82, 2.24) is 5.16 Å². The van der Waals surface area contributed by atoms with Crippen LogP contribution in [0.15, 0.2) is 39.5 Å². The van der Waals surface area contributed by atoms with Crippen LogP contribution in [-0.4, -0.2) is 5.16 Å². The summed E-state index contributed by atoms with van der Waals surface area (Å²) in [5.74, 6) is 0.517. The van der Waals surface area contributed by atoms with Crippen molar-refractivity contribution in [1.29, 1.82) is 0 Å². The highest BCUT2D eigenvalue weighted by molar-refractivity contribution is 9.10. The van der Waals surface area contributed by atoms with Crippen molar-refractivity contribution >= 4 is 15.9 Å². The molecule has 78 valence electrons. The molecule has 2 rings (SSSR count). The molecule has 0 unspecified atom stereocenters. The van der Waals surface area contributed by atoms with Crippen LogP contribution in [0.2, 0.25) is 0 Å². The Morgan fingerprint density at radius 3 is 2.67 bits per heavy atom. The smallest absolute Gasteiger partial charge is 0.124 e. The lowest BCUT2D eigenvalue weighted by atomic mass is 10.00. The van der Waals surface area contributed by atoms with Crippen LogP contribution in [0.5, 0.6) is 0 Å². The molecule has 2 aromatic rings. The largest absolute Gasteiger partial charge is 0.364 e. The Morgan fingerprint density at radius 2 is 2.07 bits per heavy atom. The Bertz CT molecular complexity index is 449. The minimum Gasteiger partial charge on any atom is -0.364 e. The Balaban J connectivity index is 2.51. The first kappa shape index (κ1) is 10.4. The number of nitrogens with zero attached hydrogens (tertiary/aromatic N) is 1. The van der Waals surface area contributed by atoms with Crippen LogP contribution >= 0.6 is 15.9 Å². The highest BCUT2D eigenvalue weighted by Crippen LogP contribution is 2.30. The maximum absolute atomic E-state index is 4.85. The van der Waals surface area contributed by atoms with Crippen molar-refractivity contribution in [3.8, 4) is 11.3 Å². The minimum absolute atomic E-state index is 0.517. The highest BCUT2D eigenvalue weighted by Gasteiger charge is 2.08. The van der Waals surface area contributed by atoms with Crippen LogP contribution in [0.4, 0.5) is 0 Å². The van der Waals surface area contributed by atoms with E-state index in [9.17, 15) is 0 Å². The van der Waals surface area contributed by atoms with E-state index in [1.54, 1.807) is 6.26 Å². The molecule has 1 aromatic carbocycles. The number of benzene rings is 1. The molecule has 0 aliphatic heterocycles. The zero-order chi connectivity index (χ0) is 10.8. The maximum Gasteiger partial charge on any atom is 0.124 e. The van der Waals surface area contributed by atoms with E-state index >= 15 is 0 Å². The summed E-state index contributed by atoms with van der Waals surface area (Å²) in [6.45, 7) is 4.35. The van der Waals surface area contributed by atoms with Gasteiger partial charge in [-0.1, -0.05) is 41.0 Å². The van der Waals surface area contributed by atoms with E-state index in [4.69, 9.17) is 4.52 Å². The van der Waals surface area contributed by atoms with Gasteiger partial charge >= 0.3 is 0 Å². The van der Waals surface area contributed by atoms with E-state index in [1.165, 1.54) is 5.56 Å². The number of rotatable bonds is 2. The fraction of sp³-hybridized carbons (Fsp3) is 0.250. The van der Waals surface area contributed by atoms with Gasteiger partial charge in [0.2, 0.25) is 0 Å². The third-order valence-electron chi connectivity index (χ3n) is 2.37. The highest BCUT2D eigenvalue weighted by atomic mass is 79.9. The van der Waals surface area contributed by atoms with Gasteiger partial charge < -0.3 is 4.52 Å². The fourth-order valence-electron chi connectivity index (χ4n) is 1.45. The zero-order valence-corrected chi connectivity index (χ0v) is 10.3. The number of halogens is 1. The van der Waals surface area contributed by atoms with Crippen molar-refractivity contribution in [2.75, 3.05) is 0 Å². The molecule has 0 saturated heterocycles. The van der Waals surface area contributed by atoms with Gasteiger partial charge in [0.15, 0.2) is 0 Å². The molecule has 0 saturated carbocycles. The molecule has 0 aliphatic rings. The van der Waals surface area contributed by atoms with Gasteiger partial charge in [0.25, 0.3) is 0 Å². The van der Waals surface area contributed by atoms with Gasteiger partial charge in [0.1, 0.15) is 12.0 Å². The molecule has 0 amide bonds. The molecule has 1 aromatic heterocycles. The molecule has 0 bridgehead atoms. The summed E-state index contributed by atoms with van der Waals surface area (Å²) in [5, 5.41) is 3.94. The van der Waals surface area contributed by atoms with Crippen molar-refractivity contribution in [3.05, 3.63) is 40.6 Å². The Labute approximate surface area is 97.4 Å². The predicted molar refractivity (Wildman–Crippen MR) is 63.7 cm³/mol. The Morgan fingerprint density at radius 1 is 1.27 bits per heavy atom. The second-order valence-electron chi connectivity index (χ2n) is 3.78. The number of hydrogen-bond donors (Lipinski definition) is 0. The molecule has 0 radical (unpaired) electrons. The van der Waals surface area contributed by atoms with Crippen LogP contribution in [-0.2, 0) is 0 Å². The van der Waals surface area contributed by atoms with Gasteiger partial charge in [0.05, 0.1) is 0 Å². The molecule has 1 heterocycles. The summed E-state index contributed by atoms with van der Waals surface area (Å²) in [6.07, 6.45) is 1.59. The first-order valence-corrected chi connectivity index (χ1v) is 5.68. The number of aromatic nitrogens is 1. The second kappa shape index (κ2) is 4.19. The van der Waals surface area contributed by atoms with E-state index in [-0.39, 0.29) is 0 Å². The lowest BCUT2D eigenvalue weighted by molar-refractivity contribution is 0.422. The van der Waals surface area contributed by atoms with Gasteiger partial charge in [0, 0.05) is 16.1 Å². The first-order valence-electron chi connectivity index (χ1n) is 4.88. The van der Waals surface area contributed by atoms with Gasteiger partial charge in [-0.05, 0) is 23.6 Å². The third kappa shape index (κ3) is 2.12. The fourth-order valence-corrected chi connectivity index (χ4v) is 1.90. The Hall–Kier alpha value is -1.09. The average molecular weight is 266 g/mol. The molecule has 0 fully saturated rings. The van der Waals surface area contributed by atoms with Crippen LogP contribution in [0, 0.1) is 0 Å². The lowest BCUT2D eigenvalue weighted by Crippen LogP contribution is -1.89. The molecule has 2 nitrogen and oxygen atoms in total. The minimum atomic E-state index is 0.517. The SMILES string of the molecule is CC(C)c1ccc(Br)c(-c2ccon2)c1. The predicted octanol–water partition coefficient (Wildman–Crippen LogP) is 4.23. The van der Waals surface area contributed by atoms with Gasteiger partial charge in [-0.25, -0.2) is 0 Å². The van der Waals surface area contributed by atoms with Gasteiger partial charge in [-0.2, -0.15) is 0 Å². The van der Waals surface area contributed by atoms with E-state index in [2.05, 4.69) is 53.1 Å². The molecular weight excluding hydrogens is 254 g/mol.